The number of carbonyl (C=O) groups is 2. The quantitative estimate of drug-likeness (QED) is 0.921. The Morgan fingerprint density at radius 3 is 2.42 bits per heavy atom. The SMILES string of the molecule is Cc1ccc(C(=O)Nc2ccc3c(c2)N(C2CC2)C(C)C(=O)N3C)cc1. The summed E-state index contributed by atoms with van der Waals surface area (Å²) in [7, 11) is 1.81. The number of likely N-dealkylation sites (N-methyl/N-ethyl adjacent to an activating group) is 1. The predicted molar refractivity (Wildman–Crippen MR) is 104 cm³/mol. The second-order valence-corrected chi connectivity index (χ2v) is 7.24. The van der Waals surface area contributed by atoms with Crippen molar-refractivity contribution in [2.24, 2.45) is 0 Å². The standard InChI is InChI=1S/C21H23N3O2/c1-13-4-6-15(7-5-13)20(25)22-16-8-11-18-19(12-16)24(17-9-10-17)14(2)21(26)23(18)3/h4-8,11-12,14,17H,9-10H2,1-3H3,(H,22,25). The van der Waals surface area contributed by atoms with E-state index >= 15 is 0 Å². The van der Waals surface area contributed by atoms with Crippen molar-refractivity contribution >= 4 is 28.9 Å². The first-order valence-corrected chi connectivity index (χ1v) is 9.03. The highest BCUT2D eigenvalue weighted by molar-refractivity contribution is 6.07. The van der Waals surface area contributed by atoms with Crippen LogP contribution in [-0.2, 0) is 4.79 Å². The number of aryl methyl sites for hydroxylation is 1. The fourth-order valence-electron chi connectivity index (χ4n) is 3.59. The van der Waals surface area contributed by atoms with E-state index in [4.69, 9.17) is 0 Å². The van der Waals surface area contributed by atoms with Crippen LogP contribution in [0.2, 0.25) is 0 Å². The molecule has 1 fully saturated rings. The van der Waals surface area contributed by atoms with Gasteiger partial charge in [-0.25, -0.2) is 0 Å². The average Bonchev–Trinajstić information content (AvgIpc) is 3.45. The minimum Gasteiger partial charge on any atom is -0.355 e. The van der Waals surface area contributed by atoms with Gasteiger partial charge in [0.2, 0.25) is 5.91 Å². The van der Waals surface area contributed by atoms with Crippen LogP contribution in [0.4, 0.5) is 17.1 Å². The van der Waals surface area contributed by atoms with Crippen molar-refractivity contribution in [3.05, 3.63) is 53.6 Å². The van der Waals surface area contributed by atoms with Crippen molar-refractivity contribution in [2.75, 3.05) is 22.2 Å². The van der Waals surface area contributed by atoms with Crippen molar-refractivity contribution in [3.63, 3.8) is 0 Å². The van der Waals surface area contributed by atoms with Gasteiger partial charge >= 0.3 is 0 Å². The molecule has 1 aliphatic carbocycles. The monoisotopic (exact) mass is 349 g/mol. The number of fused-ring (bicyclic) bond motifs is 1. The first kappa shape index (κ1) is 16.6. The zero-order valence-corrected chi connectivity index (χ0v) is 15.3. The van der Waals surface area contributed by atoms with Crippen LogP contribution in [0.1, 0.15) is 35.7 Å². The van der Waals surface area contributed by atoms with Crippen LogP contribution in [0.15, 0.2) is 42.5 Å². The number of rotatable bonds is 3. The molecule has 0 radical (unpaired) electrons. The number of carbonyl (C=O) groups excluding carboxylic acids is 2. The molecule has 1 aliphatic heterocycles. The minimum atomic E-state index is -0.178. The Morgan fingerprint density at radius 2 is 1.77 bits per heavy atom. The van der Waals surface area contributed by atoms with Crippen molar-refractivity contribution in [1.29, 1.82) is 0 Å². The van der Waals surface area contributed by atoms with Gasteiger partial charge in [-0.3, -0.25) is 9.59 Å². The first-order valence-electron chi connectivity index (χ1n) is 9.03. The van der Waals surface area contributed by atoms with Crippen molar-refractivity contribution in [1.82, 2.24) is 0 Å². The highest BCUT2D eigenvalue weighted by Gasteiger charge is 2.41. The summed E-state index contributed by atoms with van der Waals surface area (Å²) in [6.45, 7) is 3.95. The summed E-state index contributed by atoms with van der Waals surface area (Å²) < 4.78 is 0. The van der Waals surface area contributed by atoms with Crippen LogP contribution in [0.5, 0.6) is 0 Å². The molecule has 1 N–H and O–H groups in total. The predicted octanol–water partition coefficient (Wildman–Crippen LogP) is 3.58. The van der Waals surface area contributed by atoms with E-state index in [0.29, 0.717) is 11.6 Å². The van der Waals surface area contributed by atoms with Gasteiger partial charge in [-0.2, -0.15) is 0 Å². The van der Waals surface area contributed by atoms with Crippen molar-refractivity contribution < 1.29 is 9.59 Å². The number of hydrogen-bond donors (Lipinski definition) is 1. The number of nitrogens with zero attached hydrogens (tertiary/aromatic N) is 2. The number of anilines is 3. The Bertz CT molecular complexity index is 871. The molecule has 134 valence electrons. The molecular weight excluding hydrogens is 326 g/mol. The summed E-state index contributed by atoms with van der Waals surface area (Å²) in [5.74, 6) is -0.0166. The van der Waals surface area contributed by atoms with Crippen LogP contribution >= 0.6 is 0 Å². The van der Waals surface area contributed by atoms with E-state index in [9.17, 15) is 9.59 Å². The molecule has 1 saturated carbocycles. The Balaban J connectivity index is 1.64. The molecule has 0 bridgehead atoms. The molecule has 1 atom stereocenters. The van der Waals surface area contributed by atoms with Crippen LogP contribution in [-0.4, -0.2) is 30.9 Å². The Morgan fingerprint density at radius 1 is 1.08 bits per heavy atom. The summed E-state index contributed by atoms with van der Waals surface area (Å²) >= 11 is 0. The Hall–Kier alpha value is -2.82. The molecule has 4 rings (SSSR count). The summed E-state index contributed by atoms with van der Waals surface area (Å²) in [5.41, 5.74) is 4.41. The molecule has 2 aromatic rings. The van der Waals surface area contributed by atoms with Gasteiger partial charge in [0.1, 0.15) is 6.04 Å². The maximum Gasteiger partial charge on any atom is 0.255 e. The molecular formula is C21H23N3O2. The molecule has 0 spiro atoms. The maximum atomic E-state index is 12.5. The third kappa shape index (κ3) is 2.83. The van der Waals surface area contributed by atoms with E-state index in [0.717, 1.165) is 35.5 Å². The van der Waals surface area contributed by atoms with Crippen LogP contribution < -0.4 is 15.1 Å². The van der Waals surface area contributed by atoms with E-state index in [2.05, 4.69) is 10.2 Å². The largest absolute Gasteiger partial charge is 0.355 e. The molecule has 1 unspecified atom stereocenters. The number of amides is 2. The third-order valence-electron chi connectivity index (χ3n) is 5.23. The molecule has 26 heavy (non-hydrogen) atoms. The highest BCUT2D eigenvalue weighted by Crippen LogP contribution is 2.43. The number of nitrogens with one attached hydrogen (secondary N) is 1. The molecule has 0 saturated heterocycles. The van der Waals surface area contributed by atoms with Gasteiger partial charge in [0.25, 0.3) is 5.91 Å². The van der Waals surface area contributed by atoms with Crippen molar-refractivity contribution in [2.45, 2.75) is 38.8 Å². The number of hydrogen-bond acceptors (Lipinski definition) is 3. The summed E-state index contributed by atoms with van der Waals surface area (Å²) in [6.07, 6.45) is 2.22. The van der Waals surface area contributed by atoms with E-state index < -0.39 is 0 Å². The van der Waals surface area contributed by atoms with E-state index in [-0.39, 0.29) is 17.9 Å². The average molecular weight is 349 g/mol. The van der Waals surface area contributed by atoms with E-state index in [1.54, 1.807) is 4.90 Å². The van der Waals surface area contributed by atoms with Crippen LogP contribution in [0.3, 0.4) is 0 Å². The lowest BCUT2D eigenvalue weighted by atomic mass is 10.1. The van der Waals surface area contributed by atoms with Gasteiger partial charge in [0, 0.05) is 24.3 Å². The van der Waals surface area contributed by atoms with E-state index in [1.165, 1.54) is 0 Å². The van der Waals surface area contributed by atoms with Gasteiger partial charge in [-0.1, -0.05) is 17.7 Å². The molecule has 2 aromatic carbocycles. The van der Waals surface area contributed by atoms with Gasteiger partial charge in [0.15, 0.2) is 0 Å². The second kappa shape index (κ2) is 6.16. The molecule has 1 heterocycles. The van der Waals surface area contributed by atoms with Crippen LogP contribution in [0, 0.1) is 6.92 Å². The molecule has 5 heteroatoms. The summed E-state index contributed by atoms with van der Waals surface area (Å²) in [4.78, 5) is 29.0. The van der Waals surface area contributed by atoms with Crippen LogP contribution in [0.25, 0.3) is 0 Å². The topological polar surface area (TPSA) is 52.7 Å². The lowest BCUT2D eigenvalue weighted by Gasteiger charge is -2.40. The van der Waals surface area contributed by atoms with Gasteiger partial charge in [-0.15, -0.1) is 0 Å². The zero-order valence-electron chi connectivity index (χ0n) is 15.3. The zero-order chi connectivity index (χ0) is 18.4. The Labute approximate surface area is 153 Å². The summed E-state index contributed by atoms with van der Waals surface area (Å²) in [5, 5.41) is 2.98. The van der Waals surface area contributed by atoms with Gasteiger partial charge in [0.05, 0.1) is 11.4 Å². The normalized spacial score (nSPS) is 19.3. The second-order valence-electron chi connectivity index (χ2n) is 7.24. The highest BCUT2D eigenvalue weighted by atomic mass is 16.2. The van der Waals surface area contributed by atoms with Gasteiger partial charge in [-0.05, 0) is 57.0 Å². The number of benzene rings is 2. The maximum absolute atomic E-state index is 12.5. The lowest BCUT2D eigenvalue weighted by Crippen LogP contribution is -2.51. The fourth-order valence-corrected chi connectivity index (χ4v) is 3.59. The van der Waals surface area contributed by atoms with Crippen molar-refractivity contribution in [3.8, 4) is 0 Å². The first-order chi connectivity index (χ1) is 12.5. The molecule has 2 amide bonds. The third-order valence-corrected chi connectivity index (χ3v) is 5.23. The summed E-state index contributed by atoms with van der Waals surface area (Å²) in [6, 6.07) is 13.5. The lowest BCUT2D eigenvalue weighted by molar-refractivity contribution is -0.119. The fraction of sp³-hybridized carbons (Fsp3) is 0.333. The molecule has 2 aliphatic rings. The Kier molecular flexibility index (Phi) is 3.94. The molecule has 0 aromatic heterocycles. The minimum absolute atomic E-state index is 0.112. The molecule has 5 nitrogen and oxygen atoms in total. The van der Waals surface area contributed by atoms with Gasteiger partial charge < -0.3 is 15.1 Å². The smallest absolute Gasteiger partial charge is 0.255 e. The van der Waals surface area contributed by atoms with E-state index in [1.807, 2.05) is 63.4 Å².